The van der Waals surface area contributed by atoms with Gasteiger partial charge >= 0.3 is 0 Å². The average molecular weight is 252 g/mol. The molecule has 5 heteroatoms. The molecular weight excluding hydrogens is 230 g/mol. The molecule has 18 heavy (non-hydrogen) atoms. The zero-order valence-corrected chi connectivity index (χ0v) is 10.9. The van der Waals surface area contributed by atoms with Gasteiger partial charge in [0.2, 0.25) is 0 Å². The Labute approximate surface area is 108 Å². The Hall–Kier alpha value is -1.46. The lowest BCUT2D eigenvalue weighted by Gasteiger charge is -2.29. The third-order valence-electron chi connectivity index (χ3n) is 3.37. The molecule has 0 saturated carbocycles. The fourth-order valence-corrected chi connectivity index (χ4v) is 2.09. The number of nitrogens with two attached hydrogens (primary N) is 1. The molecule has 100 valence electrons. The van der Waals surface area contributed by atoms with E-state index in [-0.39, 0.29) is 5.75 Å². The fraction of sp³-hybridized carbons (Fsp3) is 0.538. The standard InChI is InChI=1S/C13H21N3O2/c1-15-4-6-16(7-5-15)8-9-18-13-10-11(17)2-3-12(13)14/h2-3,10,17H,4-9,14H2,1H3/p+1. The SMILES string of the molecule is C[NH+]1CCN(CCOc2cc(O)ccc2N)CC1. The number of nitrogens with zero attached hydrogens (tertiary/aromatic N) is 1. The summed E-state index contributed by atoms with van der Waals surface area (Å²) in [6.07, 6.45) is 0. The number of rotatable bonds is 4. The Balaban J connectivity index is 1.76. The molecule has 1 aliphatic heterocycles. The summed E-state index contributed by atoms with van der Waals surface area (Å²) < 4.78 is 5.61. The average Bonchev–Trinajstić information content (AvgIpc) is 2.36. The van der Waals surface area contributed by atoms with Gasteiger partial charge in [-0.15, -0.1) is 0 Å². The minimum atomic E-state index is 0.183. The van der Waals surface area contributed by atoms with Crippen LogP contribution in [0.5, 0.6) is 11.5 Å². The number of nitrogen functional groups attached to an aromatic ring is 1. The molecule has 5 nitrogen and oxygen atoms in total. The summed E-state index contributed by atoms with van der Waals surface area (Å²) in [5.41, 5.74) is 6.34. The number of aromatic hydroxyl groups is 1. The maximum atomic E-state index is 9.37. The summed E-state index contributed by atoms with van der Waals surface area (Å²) in [5.74, 6) is 0.747. The molecular formula is C13H22N3O2+. The van der Waals surface area contributed by atoms with Crippen LogP contribution in [-0.4, -0.2) is 56.4 Å². The van der Waals surface area contributed by atoms with Gasteiger partial charge in [-0.1, -0.05) is 0 Å². The predicted octanol–water partition coefficient (Wildman–Crippen LogP) is -0.816. The number of quaternary nitrogens is 1. The maximum Gasteiger partial charge on any atom is 0.145 e. The molecule has 0 radical (unpaired) electrons. The minimum absolute atomic E-state index is 0.183. The van der Waals surface area contributed by atoms with Crippen molar-refractivity contribution in [2.24, 2.45) is 0 Å². The van der Waals surface area contributed by atoms with Gasteiger partial charge in [0.15, 0.2) is 0 Å². The van der Waals surface area contributed by atoms with E-state index >= 15 is 0 Å². The molecule has 1 aromatic carbocycles. The lowest BCUT2D eigenvalue weighted by atomic mass is 10.3. The van der Waals surface area contributed by atoms with Gasteiger partial charge in [-0.3, -0.25) is 4.90 Å². The summed E-state index contributed by atoms with van der Waals surface area (Å²) in [6, 6.07) is 4.78. The number of hydrogen-bond donors (Lipinski definition) is 3. The summed E-state index contributed by atoms with van der Waals surface area (Å²) in [7, 11) is 2.22. The smallest absolute Gasteiger partial charge is 0.145 e. The van der Waals surface area contributed by atoms with Crippen molar-refractivity contribution in [1.82, 2.24) is 4.90 Å². The first-order valence-electron chi connectivity index (χ1n) is 6.40. The number of phenols is 1. The van der Waals surface area contributed by atoms with Crippen molar-refractivity contribution in [2.75, 3.05) is 52.1 Å². The normalized spacial score (nSPS) is 17.8. The van der Waals surface area contributed by atoms with Gasteiger partial charge in [0.05, 0.1) is 25.8 Å². The van der Waals surface area contributed by atoms with E-state index in [0.717, 1.165) is 19.6 Å². The number of phenolic OH excluding ortho intramolecular Hbond substituents is 1. The van der Waals surface area contributed by atoms with Gasteiger partial charge < -0.3 is 20.5 Å². The van der Waals surface area contributed by atoms with Crippen LogP contribution in [0.1, 0.15) is 0 Å². The molecule has 1 aliphatic rings. The van der Waals surface area contributed by atoms with Crippen molar-refractivity contribution < 1.29 is 14.7 Å². The Morgan fingerprint density at radius 1 is 1.39 bits per heavy atom. The van der Waals surface area contributed by atoms with E-state index in [1.165, 1.54) is 13.1 Å². The minimum Gasteiger partial charge on any atom is -0.508 e. The number of benzene rings is 1. The number of hydrogen-bond acceptors (Lipinski definition) is 4. The Morgan fingerprint density at radius 3 is 2.83 bits per heavy atom. The van der Waals surface area contributed by atoms with Gasteiger partial charge in [-0.25, -0.2) is 0 Å². The maximum absolute atomic E-state index is 9.37. The van der Waals surface area contributed by atoms with Crippen LogP contribution < -0.4 is 15.4 Å². The van der Waals surface area contributed by atoms with Crippen LogP contribution in [0, 0.1) is 0 Å². The lowest BCUT2D eigenvalue weighted by Crippen LogP contribution is -3.12. The van der Waals surface area contributed by atoms with E-state index in [0.29, 0.717) is 18.0 Å². The molecule has 1 aromatic rings. The number of likely N-dealkylation sites (N-methyl/N-ethyl adjacent to an activating group) is 1. The summed E-state index contributed by atoms with van der Waals surface area (Å²) in [5, 5.41) is 9.37. The monoisotopic (exact) mass is 252 g/mol. The van der Waals surface area contributed by atoms with Crippen LogP contribution in [0.3, 0.4) is 0 Å². The van der Waals surface area contributed by atoms with E-state index in [9.17, 15) is 5.11 Å². The highest BCUT2D eigenvalue weighted by atomic mass is 16.5. The highest BCUT2D eigenvalue weighted by Gasteiger charge is 2.16. The first-order chi connectivity index (χ1) is 8.65. The highest BCUT2D eigenvalue weighted by molar-refractivity contribution is 5.55. The van der Waals surface area contributed by atoms with Crippen LogP contribution in [0.25, 0.3) is 0 Å². The van der Waals surface area contributed by atoms with Crippen molar-refractivity contribution in [3.8, 4) is 11.5 Å². The van der Waals surface area contributed by atoms with Gasteiger partial charge in [0.25, 0.3) is 0 Å². The third kappa shape index (κ3) is 3.51. The Bertz CT molecular complexity index is 390. The van der Waals surface area contributed by atoms with E-state index in [1.807, 2.05) is 0 Å². The Kier molecular flexibility index (Phi) is 4.28. The molecule has 1 saturated heterocycles. The van der Waals surface area contributed by atoms with Crippen molar-refractivity contribution in [3.63, 3.8) is 0 Å². The topological polar surface area (TPSA) is 63.2 Å². The molecule has 0 spiro atoms. The van der Waals surface area contributed by atoms with Crippen LogP contribution in [-0.2, 0) is 0 Å². The molecule has 0 atom stereocenters. The van der Waals surface area contributed by atoms with Crippen molar-refractivity contribution >= 4 is 5.69 Å². The molecule has 0 aliphatic carbocycles. The van der Waals surface area contributed by atoms with Gasteiger partial charge in [0, 0.05) is 25.7 Å². The van der Waals surface area contributed by atoms with E-state index in [2.05, 4.69) is 11.9 Å². The molecule has 0 unspecified atom stereocenters. The van der Waals surface area contributed by atoms with Crippen molar-refractivity contribution in [2.45, 2.75) is 0 Å². The van der Waals surface area contributed by atoms with Gasteiger partial charge in [-0.05, 0) is 12.1 Å². The number of ether oxygens (including phenoxy) is 1. The van der Waals surface area contributed by atoms with Gasteiger partial charge in [-0.2, -0.15) is 0 Å². The molecule has 1 fully saturated rings. The van der Waals surface area contributed by atoms with Gasteiger partial charge in [0.1, 0.15) is 18.1 Å². The highest BCUT2D eigenvalue weighted by Crippen LogP contribution is 2.25. The van der Waals surface area contributed by atoms with Crippen molar-refractivity contribution in [3.05, 3.63) is 18.2 Å². The van der Waals surface area contributed by atoms with E-state index in [1.54, 1.807) is 23.1 Å². The second-order valence-corrected chi connectivity index (χ2v) is 4.87. The zero-order valence-electron chi connectivity index (χ0n) is 10.9. The predicted molar refractivity (Wildman–Crippen MR) is 71.1 cm³/mol. The number of piperazine rings is 1. The number of anilines is 1. The first-order valence-corrected chi connectivity index (χ1v) is 6.40. The first kappa shape index (κ1) is 13.0. The van der Waals surface area contributed by atoms with Crippen LogP contribution in [0.15, 0.2) is 18.2 Å². The summed E-state index contributed by atoms with van der Waals surface area (Å²) in [6.45, 7) is 6.12. The van der Waals surface area contributed by atoms with Crippen LogP contribution in [0.4, 0.5) is 5.69 Å². The Morgan fingerprint density at radius 2 is 2.11 bits per heavy atom. The van der Waals surface area contributed by atoms with Crippen LogP contribution >= 0.6 is 0 Å². The molecule has 0 aromatic heterocycles. The second kappa shape index (κ2) is 5.93. The quantitative estimate of drug-likeness (QED) is 0.484. The van der Waals surface area contributed by atoms with Crippen LogP contribution in [0.2, 0.25) is 0 Å². The molecule has 0 bridgehead atoms. The van der Waals surface area contributed by atoms with E-state index < -0.39 is 0 Å². The molecule has 1 heterocycles. The lowest BCUT2D eigenvalue weighted by molar-refractivity contribution is -0.884. The zero-order chi connectivity index (χ0) is 13.0. The second-order valence-electron chi connectivity index (χ2n) is 4.87. The molecule has 2 rings (SSSR count). The largest absolute Gasteiger partial charge is 0.508 e. The molecule has 4 N–H and O–H groups in total. The third-order valence-corrected chi connectivity index (χ3v) is 3.37. The molecule has 0 amide bonds. The fourth-order valence-electron chi connectivity index (χ4n) is 2.09. The number of nitrogens with one attached hydrogen (secondary N) is 1. The summed E-state index contributed by atoms with van der Waals surface area (Å²) in [4.78, 5) is 3.98. The summed E-state index contributed by atoms with van der Waals surface area (Å²) >= 11 is 0. The van der Waals surface area contributed by atoms with Crippen molar-refractivity contribution in [1.29, 1.82) is 0 Å². The van der Waals surface area contributed by atoms with E-state index in [4.69, 9.17) is 10.5 Å².